The van der Waals surface area contributed by atoms with Gasteiger partial charge in [-0.25, -0.2) is 21.6 Å². The average Bonchev–Trinajstić information content (AvgIpc) is 3.43. The van der Waals surface area contributed by atoms with Gasteiger partial charge in [0.1, 0.15) is 0 Å². The van der Waals surface area contributed by atoms with Gasteiger partial charge in [0.25, 0.3) is 5.69 Å². The molecule has 0 radical (unpaired) electrons. The molecule has 0 unspecified atom stereocenters. The Balaban J connectivity index is 1.39. The topological polar surface area (TPSA) is 136 Å². The summed E-state index contributed by atoms with van der Waals surface area (Å²) in [6, 6.07) is 22.7. The summed E-state index contributed by atoms with van der Waals surface area (Å²) in [6.45, 7) is 1.84. The first-order valence-electron chi connectivity index (χ1n) is 12.9. The fraction of sp³-hybridized carbons (Fsp3) is 0.172. The van der Waals surface area contributed by atoms with E-state index in [1.54, 1.807) is 48.5 Å². The van der Waals surface area contributed by atoms with E-state index in [0.717, 1.165) is 22.0 Å². The Labute approximate surface area is 259 Å². The standard InChI is InChI=1S/C29H25Cl2N3O7S2/c1-19-2-11-24(12-3-19)42(37,38)32-17-20-4-6-21(7-5-20)28-18-33(29(41-28)26-15-8-22(30)16-27(26)31)43(39,40)25-13-9-23(10-14-25)34(35)36/h2-16,28-29,32H,17-18H2,1H3/t28-,29-/m1/s1. The minimum Gasteiger partial charge on any atom is -0.348 e. The summed E-state index contributed by atoms with van der Waals surface area (Å²) < 4.78 is 62.9. The number of benzene rings is 4. The quantitative estimate of drug-likeness (QED) is 0.168. The lowest BCUT2D eigenvalue weighted by Gasteiger charge is -2.23. The third kappa shape index (κ3) is 6.75. The first kappa shape index (κ1) is 31.1. The highest BCUT2D eigenvalue weighted by Crippen LogP contribution is 2.43. The van der Waals surface area contributed by atoms with Crippen LogP contribution in [0.5, 0.6) is 0 Å². The smallest absolute Gasteiger partial charge is 0.269 e. The molecule has 4 aromatic carbocycles. The van der Waals surface area contributed by atoms with Crippen LogP contribution in [0.4, 0.5) is 5.69 Å². The van der Waals surface area contributed by atoms with Crippen LogP contribution in [0.3, 0.4) is 0 Å². The van der Waals surface area contributed by atoms with Crippen molar-refractivity contribution in [1.82, 2.24) is 9.03 Å². The SMILES string of the molecule is Cc1ccc(S(=O)(=O)NCc2ccc([C@H]3CN(S(=O)(=O)c4ccc([N+](=O)[O-])cc4)[C@@H](c4ccc(Cl)cc4Cl)O3)cc2)cc1. The first-order valence-corrected chi connectivity index (χ1v) is 16.5. The highest BCUT2D eigenvalue weighted by Gasteiger charge is 2.43. The van der Waals surface area contributed by atoms with Crippen LogP contribution in [0.15, 0.2) is 101 Å². The number of nitro benzene ring substituents is 1. The Kier molecular flexibility index (Phi) is 8.91. The predicted octanol–water partition coefficient (Wildman–Crippen LogP) is 6.15. The van der Waals surface area contributed by atoms with Crippen molar-refractivity contribution in [3.8, 4) is 0 Å². The molecule has 0 aliphatic carbocycles. The summed E-state index contributed by atoms with van der Waals surface area (Å²) in [5.74, 6) is 0. The molecule has 0 amide bonds. The maximum absolute atomic E-state index is 13.8. The number of nitro groups is 1. The molecule has 0 aromatic heterocycles. The molecule has 1 saturated heterocycles. The predicted molar refractivity (Wildman–Crippen MR) is 162 cm³/mol. The lowest BCUT2D eigenvalue weighted by atomic mass is 10.1. The van der Waals surface area contributed by atoms with Crippen LogP contribution in [-0.4, -0.2) is 32.6 Å². The summed E-state index contributed by atoms with van der Waals surface area (Å²) >= 11 is 12.5. The van der Waals surface area contributed by atoms with Gasteiger partial charge in [-0.05, 0) is 54.4 Å². The number of aryl methyl sites for hydroxylation is 1. The molecule has 1 fully saturated rings. The minimum atomic E-state index is -4.19. The maximum atomic E-state index is 13.8. The summed E-state index contributed by atoms with van der Waals surface area (Å²) in [4.78, 5) is 10.5. The fourth-order valence-corrected chi connectivity index (χ4v) is 7.59. The second kappa shape index (κ2) is 12.3. The van der Waals surface area contributed by atoms with Gasteiger partial charge >= 0.3 is 0 Å². The van der Waals surface area contributed by atoms with Gasteiger partial charge in [-0.2, -0.15) is 4.31 Å². The molecule has 1 aliphatic rings. The van der Waals surface area contributed by atoms with Gasteiger partial charge in [0.05, 0.1) is 20.8 Å². The number of hydrogen-bond acceptors (Lipinski definition) is 7. The molecule has 1 aliphatic heterocycles. The zero-order valence-corrected chi connectivity index (χ0v) is 25.7. The number of halogens is 2. The molecule has 43 heavy (non-hydrogen) atoms. The lowest BCUT2D eigenvalue weighted by molar-refractivity contribution is -0.384. The minimum absolute atomic E-state index is 0.0473. The highest BCUT2D eigenvalue weighted by molar-refractivity contribution is 7.89. The molecule has 2 atom stereocenters. The van der Waals surface area contributed by atoms with E-state index in [1.807, 2.05) is 6.92 Å². The molecular formula is C29H25Cl2N3O7S2. The van der Waals surface area contributed by atoms with E-state index in [4.69, 9.17) is 27.9 Å². The number of sulfonamides is 2. The zero-order chi connectivity index (χ0) is 30.9. The first-order chi connectivity index (χ1) is 20.3. The van der Waals surface area contributed by atoms with Gasteiger partial charge in [0.2, 0.25) is 20.0 Å². The van der Waals surface area contributed by atoms with Crippen LogP contribution < -0.4 is 4.72 Å². The second-order valence-electron chi connectivity index (χ2n) is 9.85. The number of ether oxygens (including phenoxy) is 1. The van der Waals surface area contributed by atoms with Gasteiger partial charge in [-0.3, -0.25) is 10.1 Å². The number of nitrogens with zero attached hydrogens (tertiary/aromatic N) is 2. The van der Waals surface area contributed by atoms with Gasteiger partial charge in [-0.1, -0.05) is 71.2 Å². The summed E-state index contributed by atoms with van der Waals surface area (Å²) in [5, 5.41) is 11.6. The van der Waals surface area contributed by atoms with Crippen LogP contribution in [0.1, 0.15) is 34.6 Å². The Hall–Kier alpha value is -3.36. The normalized spacial score (nSPS) is 17.7. The van der Waals surface area contributed by atoms with Crippen molar-refractivity contribution in [2.24, 2.45) is 0 Å². The van der Waals surface area contributed by atoms with Crippen LogP contribution in [0, 0.1) is 17.0 Å². The zero-order valence-electron chi connectivity index (χ0n) is 22.6. The molecule has 1 N–H and O–H groups in total. The van der Waals surface area contributed by atoms with Crippen molar-refractivity contribution >= 4 is 48.9 Å². The van der Waals surface area contributed by atoms with Crippen LogP contribution in [0.25, 0.3) is 0 Å². The number of hydrogen-bond donors (Lipinski definition) is 1. The number of rotatable bonds is 9. The van der Waals surface area contributed by atoms with E-state index < -0.39 is 37.3 Å². The molecule has 0 spiro atoms. The van der Waals surface area contributed by atoms with Crippen LogP contribution in [-0.2, 0) is 31.3 Å². The van der Waals surface area contributed by atoms with Crippen molar-refractivity contribution in [3.63, 3.8) is 0 Å². The van der Waals surface area contributed by atoms with E-state index in [9.17, 15) is 26.9 Å². The van der Waals surface area contributed by atoms with Gasteiger partial charge in [0, 0.05) is 40.8 Å². The van der Waals surface area contributed by atoms with Gasteiger partial charge in [-0.15, -0.1) is 0 Å². The summed E-state index contributed by atoms with van der Waals surface area (Å²) in [6.07, 6.45) is -1.82. The van der Waals surface area contributed by atoms with Crippen LogP contribution >= 0.6 is 23.2 Å². The van der Waals surface area contributed by atoms with Crippen LogP contribution in [0.2, 0.25) is 10.0 Å². The molecule has 5 rings (SSSR count). The highest BCUT2D eigenvalue weighted by atomic mass is 35.5. The van der Waals surface area contributed by atoms with E-state index in [1.165, 1.54) is 30.3 Å². The molecule has 224 valence electrons. The Bertz CT molecular complexity index is 1870. The molecule has 4 aromatic rings. The Morgan fingerprint density at radius 2 is 1.53 bits per heavy atom. The molecule has 1 heterocycles. The van der Waals surface area contributed by atoms with E-state index >= 15 is 0 Å². The van der Waals surface area contributed by atoms with Crippen molar-refractivity contribution < 1.29 is 26.5 Å². The van der Waals surface area contributed by atoms with Gasteiger partial charge < -0.3 is 4.74 Å². The summed E-state index contributed by atoms with van der Waals surface area (Å²) in [7, 11) is -7.90. The third-order valence-corrected chi connectivity index (χ3v) is 10.7. The van der Waals surface area contributed by atoms with Crippen molar-refractivity contribution in [2.75, 3.05) is 6.54 Å². The van der Waals surface area contributed by atoms with Crippen molar-refractivity contribution in [2.45, 2.75) is 35.6 Å². The molecule has 10 nitrogen and oxygen atoms in total. The molecule has 0 bridgehead atoms. The maximum Gasteiger partial charge on any atom is 0.269 e. The Morgan fingerprint density at radius 3 is 2.14 bits per heavy atom. The van der Waals surface area contributed by atoms with E-state index in [-0.39, 0.29) is 33.6 Å². The number of nitrogens with one attached hydrogen (secondary N) is 1. The molecule has 14 heteroatoms. The monoisotopic (exact) mass is 661 g/mol. The summed E-state index contributed by atoms with van der Waals surface area (Å²) in [5.41, 5.74) is 2.42. The fourth-order valence-electron chi connectivity index (χ4n) is 4.57. The van der Waals surface area contributed by atoms with Crippen molar-refractivity contribution in [3.05, 3.63) is 133 Å². The largest absolute Gasteiger partial charge is 0.348 e. The van der Waals surface area contributed by atoms with Crippen molar-refractivity contribution in [1.29, 1.82) is 0 Å². The van der Waals surface area contributed by atoms with E-state index in [2.05, 4.69) is 4.72 Å². The second-order valence-corrected chi connectivity index (χ2v) is 14.3. The Morgan fingerprint density at radius 1 is 0.907 bits per heavy atom. The molecular weight excluding hydrogens is 637 g/mol. The number of non-ortho nitro benzene ring substituents is 1. The van der Waals surface area contributed by atoms with E-state index in [0.29, 0.717) is 21.7 Å². The lowest BCUT2D eigenvalue weighted by Crippen LogP contribution is -2.31. The van der Waals surface area contributed by atoms with Gasteiger partial charge in [0.15, 0.2) is 6.23 Å². The average molecular weight is 663 g/mol. The molecule has 0 saturated carbocycles. The third-order valence-electron chi connectivity index (χ3n) is 6.93.